The number of halogens is 2. The number of nitrogens with one attached hydrogen (secondary N) is 2. The Balaban J connectivity index is 1.89. The zero-order valence-corrected chi connectivity index (χ0v) is 13.2. The molecule has 108 valence electrons. The van der Waals surface area contributed by atoms with Crippen LogP contribution in [0, 0.1) is 0 Å². The molecule has 2 aromatic carbocycles. The zero-order chi connectivity index (χ0) is 14.8. The Morgan fingerprint density at radius 1 is 1.10 bits per heavy atom. The van der Waals surface area contributed by atoms with Gasteiger partial charge in [-0.3, -0.25) is 0 Å². The van der Waals surface area contributed by atoms with Crippen LogP contribution in [-0.4, -0.2) is 4.98 Å². The lowest BCUT2D eigenvalue weighted by atomic mass is 10.0. The molecule has 2 N–H and O–H groups in total. The minimum absolute atomic E-state index is 0.158. The maximum atomic E-state index is 6.32. The quantitative estimate of drug-likeness (QED) is 0.603. The van der Waals surface area contributed by atoms with Crippen molar-refractivity contribution >= 4 is 39.8 Å². The number of hydrogen-bond acceptors (Lipinski definition) is 1. The predicted octanol–water partition coefficient (Wildman–Crippen LogP) is 6.04. The van der Waals surface area contributed by atoms with E-state index in [1.807, 2.05) is 18.3 Å². The van der Waals surface area contributed by atoms with Gasteiger partial charge in [0.25, 0.3) is 0 Å². The van der Waals surface area contributed by atoms with Gasteiger partial charge in [0.2, 0.25) is 0 Å². The van der Waals surface area contributed by atoms with Gasteiger partial charge in [0.05, 0.1) is 6.04 Å². The summed E-state index contributed by atoms with van der Waals surface area (Å²) in [6.07, 6.45) is 2.88. The van der Waals surface area contributed by atoms with Crippen molar-refractivity contribution in [1.82, 2.24) is 4.98 Å². The maximum absolute atomic E-state index is 6.32. The summed E-state index contributed by atoms with van der Waals surface area (Å²) in [7, 11) is 0. The van der Waals surface area contributed by atoms with Crippen LogP contribution in [0.1, 0.15) is 24.9 Å². The zero-order valence-electron chi connectivity index (χ0n) is 11.7. The third kappa shape index (κ3) is 3.02. The summed E-state index contributed by atoms with van der Waals surface area (Å²) in [5.74, 6) is 0. The minimum Gasteiger partial charge on any atom is -0.378 e. The van der Waals surface area contributed by atoms with E-state index in [0.717, 1.165) is 23.2 Å². The van der Waals surface area contributed by atoms with Crippen molar-refractivity contribution < 1.29 is 0 Å². The predicted molar refractivity (Wildman–Crippen MR) is 91.4 cm³/mol. The normalized spacial score (nSPS) is 12.5. The van der Waals surface area contributed by atoms with Gasteiger partial charge in [-0.25, -0.2) is 0 Å². The summed E-state index contributed by atoms with van der Waals surface area (Å²) in [6.45, 7) is 2.14. The van der Waals surface area contributed by atoms with Crippen molar-refractivity contribution in [2.75, 3.05) is 5.32 Å². The largest absolute Gasteiger partial charge is 0.378 e. The summed E-state index contributed by atoms with van der Waals surface area (Å²) in [4.78, 5) is 3.20. The number of benzene rings is 2. The first-order valence-electron chi connectivity index (χ1n) is 6.96. The van der Waals surface area contributed by atoms with Crippen LogP contribution in [0.25, 0.3) is 10.9 Å². The topological polar surface area (TPSA) is 27.8 Å². The molecule has 21 heavy (non-hydrogen) atoms. The van der Waals surface area contributed by atoms with E-state index in [4.69, 9.17) is 23.2 Å². The van der Waals surface area contributed by atoms with Gasteiger partial charge in [-0.15, -0.1) is 0 Å². The average Bonchev–Trinajstić information content (AvgIpc) is 2.93. The number of aromatic amines is 1. The molecule has 0 amide bonds. The first-order chi connectivity index (χ1) is 10.2. The van der Waals surface area contributed by atoms with Gasteiger partial charge < -0.3 is 10.3 Å². The van der Waals surface area contributed by atoms with E-state index in [1.165, 1.54) is 5.39 Å². The van der Waals surface area contributed by atoms with E-state index >= 15 is 0 Å². The first kappa shape index (κ1) is 14.3. The molecule has 0 saturated heterocycles. The molecular weight excluding hydrogens is 303 g/mol. The molecule has 1 heterocycles. The van der Waals surface area contributed by atoms with Crippen molar-refractivity contribution in [2.24, 2.45) is 0 Å². The molecule has 0 bridgehead atoms. The highest BCUT2D eigenvalue weighted by molar-refractivity contribution is 6.35. The number of anilines is 1. The summed E-state index contributed by atoms with van der Waals surface area (Å²) >= 11 is 12.3. The second-order valence-electron chi connectivity index (χ2n) is 5.05. The van der Waals surface area contributed by atoms with Gasteiger partial charge in [-0.1, -0.05) is 36.2 Å². The lowest BCUT2D eigenvalue weighted by Crippen LogP contribution is -2.10. The average molecular weight is 319 g/mol. The third-order valence-electron chi connectivity index (χ3n) is 3.64. The van der Waals surface area contributed by atoms with Crippen LogP contribution in [0.3, 0.4) is 0 Å². The molecule has 1 aromatic heterocycles. The Kier molecular flexibility index (Phi) is 4.09. The number of hydrogen-bond donors (Lipinski definition) is 2. The third-order valence-corrected chi connectivity index (χ3v) is 4.20. The molecule has 4 heteroatoms. The number of aromatic nitrogens is 1. The van der Waals surface area contributed by atoms with Crippen molar-refractivity contribution in [3.63, 3.8) is 0 Å². The fourth-order valence-corrected chi connectivity index (χ4v) is 3.07. The first-order valence-corrected chi connectivity index (χ1v) is 7.71. The maximum Gasteiger partial charge on any atom is 0.0525 e. The second-order valence-corrected chi connectivity index (χ2v) is 5.89. The molecule has 1 atom stereocenters. The molecule has 0 radical (unpaired) electrons. The molecule has 1 unspecified atom stereocenters. The summed E-state index contributed by atoms with van der Waals surface area (Å²) < 4.78 is 0. The molecule has 0 saturated carbocycles. The van der Waals surface area contributed by atoms with Gasteiger partial charge in [0, 0.05) is 32.8 Å². The lowest BCUT2D eigenvalue weighted by Gasteiger charge is -2.20. The number of fused-ring (bicyclic) bond motifs is 1. The number of rotatable bonds is 4. The molecule has 3 rings (SSSR count). The fourth-order valence-electron chi connectivity index (χ4n) is 2.53. The SMILES string of the molecule is CCC(Nc1ccc2[nH]ccc2c1)c1ccc(Cl)cc1Cl. The Morgan fingerprint density at radius 2 is 1.95 bits per heavy atom. The van der Waals surface area contributed by atoms with Crippen molar-refractivity contribution in [1.29, 1.82) is 0 Å². The summed E-state index contributed by atoms with van der Waals surface area (Å²) in [5, 5.41) is 6.10. The molecule has 0 spiro atoms. The standard InChI is InChI=1S/C17H16Cl2N2/c1-2-16(14-5-3-12(18)10-15(14)19)21-13-4-6-17-11(9-13)7-8-20-17/h3-10,16,20-21H,2H2,1H3. The monoisotopic (exact) mass is 318 g/mol. The van der Waals surface area contributed by atoms with E-state index in [-0.39, 0.29) is 6.04 Å². The smallest absolute Gasteiger partial charge is 0.0525 e. The molecule has 3 aromatic rings. The van der Waals surface area contributed by atoms with E-state index in [1.54, 1.807) is 6.07 Å². The molecular formula is C17H16Cl2N2. The van der Waals surface area contributed by atoms with Gasteiger partial charge in [-0.2, -0.15) is 0 Å². The molecule has 2 nitrogen and oxygen atoms in total. The van der Waals surface area contributed by atoms with E-state index in [9.17, 15) is 0 Å². The van der Waals surface area contributed by atoms with Crippen LogP contribution >= 0.6 is 23.2 Å². The summed E-state index contributed by atoms with van der Waals surface area (Å²) in [6, 6.07) is 14.2. The lowest BCUT2D eigenvalue weighted by molar-refractivity contribution is 0.750. The Bertz CT molecular complexity index is 764. The van der Waals surface area contributed by atoms with E-state index < -0.39 is 0 Å². The Hall–Kier alpha value is -1.64. The number of H-pyrrole nitrogens is 1. The molecule has 0 aliphatic heterocycles. The highest BCUT2D eigenvalue weighted by atomic mass is 35.5. The van der Waals surface area contributed by atoms with Gasteiger partial charge in [0.1, 0.15) is 0 Å². The van der Waals surface area contributed by atoms with Gasteiger partial charge in [-0.05, 0) is 48.4 Å². The summed E-state index contributed by atoms with van der Waals surface area (Å²) in [5.41, 5.74) is 3.29. The molecule has 0 aliphatic rings. The van der Waals surface area contributed by atoms with Crippen LogP contribution in [0.5, 0.6) is 0 Å². The van der Waals surface area contributed by atoms with Crippen LogP contribution in [0.15, 0.2) is 48.7 Å². The highest BCUT2D eigenvalue weighted by Crippen LogP contribution is 2.31. The Morgan fingerprint density at radius 3 is 2.71 bits per heavy atom. The second kappa shape index (κ2) is 6.00. The minimum atomic E-state index is 0.158. The van der Waals surface area contributed by atoms with Crippen LogP contribution in [0.2, 0.25) is 10.0 Å². The van der Waals surface area contributed by atoms with Crippen molar-refractivity contribution in [3.05, 3.63) is 64.3 Å². The Labute approximate surface area is 134 Å². The molecule has 0 fully saturated rings. The van der Waals surface area contributed by atoms with Crippen LogP contribution < -0.4 is 5.32 Å². The molecule has 0 aliphatic carbocycles. The van der Waals surface area contributed by atoms with Crippen LogP contribution in [-0.2, 0) is 0 Å². The van der Waals surface area contributed by atoms with E-state index in [0.29, 0.717) is 10.0 Å². The highest BCUT2D eigenvalue weighted by Gasteiger charge is 2.13. The fraction of sp³-hybridized carbons (Fsp3) is 0.176. The van der Waals surface area contributed by atoms with Crippen molar-refractivity contribution in [3.8, 4) is 0 Å². The van der Waals surface area contributed by atoms with Crippen molar-refractivity contribution in [2.45, 2.75) is 19.4 Å². The van der Waals surface area contributed by atoms with Gasteiger partial charge in [0.15, 0.2) is 0 Å². The van der Waals surface area contributed by atoms with Gasteiger partial charge >= 0.3 is 0 Å². The van der Waals surface area contributed by atoms with Crippen LogP contribution in [0.4, 0.5) is 5.69 Å². The van der Waals surface area contributed by atoms with E-state index in [2.05, 4.69) is 41.5 Å².